The standard InChI is InChI=1S/C12H9ClN6OS/c13-7-1-2-8-10(19-21-18-8)9(7)17-12-6(11(15)20)3-5(14)4-16-12/h1-4H,14H2,(H2,15,20)(H,16,17). The number of hydrogen-bond donors (Lipinski definition) is 3. The van der Waals surface area contributed by atoms with Crippen LogP contribution in [0.4, 0.5) is 17.2 Å². The maximum Gasteiger partial charge on any atom is 0.252 e. The largest absolute Gasteiger partial charge is 0.397 e. The highest BCUT2D eigenvalue weighted by Gasteiger charge is 2.15. The lowest BCUT2D eigenvalue weighted by Crippen LogP contribution is -2.15. The Morgan fingerprint density at radius 1 is 1.33 bits per heavy atom. The first-order valence-electron chi connectivity index (χ1n) is 5.79. The number of anilines is 3. The van der Waals surface area contributed by atoms with Gasteiger partial charge >= 0.3 is 0 Å². The summed E-state index contributed by atoms with van der Waals surface area (Å²) in [6.07, 6.45) is 1.42. The molecule has 0 fully saturated rings. The molecule has 0 aliphatic carbocycles. The van der Waals surface area contributed by atoms with Crippen LogP contribution < -0.4 is 16.8 Å². The summed E-state index contributed by atoms with van der Waals surface area (Å²) in [6, 6.07) is 4.90. The third-order valence-corrected chi connectivity index (χ3v) is 3.65. The van der Waals surface area contributed by atoms with Gasteiger partial charge in [0.05, 0.1) is 39.9 Å². The first kappa shape index (κ1) is 13.5. The monoisotopic (exact) mass is 320 g/mol. The highest BCUT2D eigenvalue weighted by atomic mass is 35.5. The van der Waals surface area contributed by atoms with E-state index in [1.165, 1.54) is 12.3 Å². The van der Waals surface area contributed by atoms with E-state index in [1.54, 1.807) is 12.1 Å². The maximum absolute atomic E-state index is 11.5. The zero-order valence-corrected chi connectivity index (χ0v) is 12.1. The van der Waals surface area contributed by atoms with Gasteiger partial charge in [0.1, 0.15) is 16.9 Å². The predicted octanol–water partition coefficient (Wildman–Crippen LogP) is 2.16. The molecule has 0 radical (unpaired) electrons. The summed E-state index contributed by atoms with van der Waals surface area (Å²) in [6.45, 7) is 0. The molecule has 0 atom stereocenters. The fourth-order valence-electron chi connectivity index (χ4n) is 1.83. The first-order chi connectivity index (χ1) is 10.1. The van der Waals surface area contributed by atoms with E-state index in [1.807, 2.05) is 0 Å². The molecule has 0 unspecified atom stereocenters. The Morgan fingerprint density at radius 2 is 2.14 bits per heavy atom. The molecule has 106 valence electrons. The Kier molecular flexibility index (Phi) is 3.32. The number of amides is 1. The minimum Gasteiger partial charge on any atom is -0.397 e. The minimum absolute atomic E-state index is 0.172. The van der Waals surface area contributed by atoms with Crippen molar-refractivity contribution in [1.82, 2.24) is 13.7 Å². The van der Waals surface area contributed by atoms with E-state index < -0.39 is 5.91 Å². The van der Waals surface area contributed by atoms with Gasteiger partial charge in [-0.1, -0.05) is 11.6 Å². The second kappa shape index (κ2) is 5.15. The first-order valence-corrected chi connectivity index (χ1v) is 6.90. The van der Waals surface area contributed by atoms with Crippen LogP contribution >= 0.6 is 23.3 Å². The summed E-state index contributed by atoms with van der Waals surface area (Å²) in [5.74, 6) is -0.379. The maximum atomic E-state index is 11.5. The lowest BCUT2D eigenvalue weighted by atomic mass is 10.2. The van der Waals surface area contributed by atoms with Crippen molar-refractivity contribution in [2.45, 2.75) is 0 Å². The fourth-order valence-corrected chi connectivity index (χ4v) is 2.57. The highest BCUT2D eigenvalue weighted by Crippen LogP contribution is 2.33. The molecule has 7 nitrogen and oxygen atoms in total. The van der Waals surface area contributed by atoms with Gasteiger partial charge in [-0.25, -0.2) is 4.98 Å². The molecule has 0 spiro atoms. The van der Waals surface area contributed by atoms with Crippen molar-refractivity contribution in [3.05, 3.63) is 35.0 Å². The third-order valence-electron chi connectivity index (χ3n) is 2.79. The SMILES string of the molecule is NC(=O)c1cc(N)cnc1Nc1c(Cl)ccc2nsnc12. The predicted molar refractivity (Wildman–Crippen MR) is 82.9 cm³/mol. The molecule has 3 rings (SSSR count). The van der Waals surface area contributed by atoms with E-state index in [0.717, 1.165) is 11.7 Å². The van der Waals surface area contributed by atoms with E-state index in [4.69, 9.17) is 23.1 Å². The number of rotatable bonds is 3. The van der Waals surface area contributed by atoms with Gasteiger partial charge < -0.3 is 16.8 Å². The molecule has 5 N–H and O–H groups in total. The van der Waals surface area contributed by atoms with Crippen molar-refractivity contribution in [2.75, 3.05) is 11.1 Å². The number of carbonyl (C=O) groups excluding carboxylic acids is 1. The number of nitrogens with two attached hydrogens (primary N) is 2. The van der Waals surface area contributed by atoms with Gasteiger partial charge in [-0.2, -0.15) is 8.75 Å². The van der Waals surface area contributed by atoms with Crippen LogP contribution in [0.15, 0.2) is 24.4 Å². The zero-order chi connectivity index (χ0) is 15.0. The Morgan fingerprint density at radius 3 is 2.90 bits per heavy atom. The van der Waals surface area contributed by atoms with Gasteiger partial charge in [0.2, 0.25) is 0 Å². The summed E-state index contributed by atoms with van der Waals surface area (Å²) < 4.78 is 8.32. The molecule has 0 saturated carbocycles. The quantitative estimate of drug-likeness (QED) is 0.680. The number of hydrogen-bond acceptors (Lipinski definition) is 7. The van der Waals surface area contributed by atoms with Crippen molar-refractivity contribution in [2.24, 2.45) is 5.73 Å². The molecule has 2 heterocycles. The number of pyridine rings is 1. The number of halogens is 1. The van der Waals surface area contributed by atoms with Crippen LogP contribution in [-0.4, -0.2) is 19.6 Å². The van der Waals surface area contributed by atoms with E-state index in [2.05, 4.69) is 19.0 Å². The zero-order valence-electron chi connectivity index (χ0n) is 10.5. The van der Waals surface area contributed by atoms with Gasteiger partial charge in [0.25, 0.3) is 5.91 Å². The molecule has 0 aliphatic rings. The van der Waals surface area contributed by atoms with E-state index >= 15 is 0 Å². The van der Waals surface area contributed by atoms with E-state index in [-0.39, 0.29) is 11.4 Å². The Bertz CT molecular complexity index is 849. The number of carbonyl (C=O) groups is 1. The van der Waals surface area contributed by atoms with Crippen molar-refractivity contribution in [3.8, 4) is 0 Å². The summed E-state index contributed by atoms with van der Waals surface area (Å²) in [7, 11) is 0. The van der Waals surface area contributed by atoms with Crippen LogP contribution in [0.1, 0.15) is 10.4 Å². The Labute approximate surface area is 128 Å². The second-order valence-electron chi connectivity index (χ2n) is 4.21. The van der Waals surface area contributed by atoms with Crippen molar-refractivity contribution < 1.29 is 4.79 Å². The molecule has 2 aromatic heterocycles. The Balaban J connectivity index is 2.13. The number of nitrogens with one attached hydrogen (secondary N) is 1. The summed E-state index contributed by atoms with van der Waals surface area (Å²) in [5, 5.41) is 3.42. The summed E-state index contributed by atoms with van der Waals surface area (Å²) in [5.41, 5.74) is 13.3. The number of fused-ring (bicyclic) bond motifs is 1. The summed E-state index contributed by atoms with van der Waals surface area (Å²) >= 11 is 7.25. The molecular weight excluding hydrogens is 312 g/mol. The molecule has 0 aliphatic heterocycles. The van der Waals surface area contributed by atoms with Crippen molar-refractivity contribution in [1.29, 1.82) is 0 Å². The van der Waals surface area contributed by atoms with Gasteiger partial charge in [-0.15, -0.1) is 0 Å². The van der Waals surface area contributed by atoms with E-state index in [0.29, 0.717) is 27.4 Å². The van der Waals surface area contributed by atoms with Crippen LogP contribution in [0.25, 0.3) is 11.0 Å². The minimum atomic E-state index is -0.642. The third kappa shape index (κ3) is 2.46. The Hall–Kier alpha value is -2.45. The highest BCUT2D eigenvalue weighted by molar-refractivity contribution is 7.00. The normalized spacial score (nSPS) is 10.7. The fraction of sp³-hybridized carbons (Fsp3) is 0. The topological polar surface area (TPSA) is 120 Å². The van der Waals surface area contributed by atoms with Gasteiger partial charge in [-0.05, 0) is 18.2 Å². The van der Waals surface area contributed by atoms with Crippen molar-refractivity contribution in [3.63, 3.8) is 0 Å². The lowest BCUT2D eigenvalue weighted by molar-refractivity contribution is 0.100. The molecule has 21 heavy (non-hydrogen) atoms. The molecule has 0 bridgehead atoms. The van der Waals surface area contributed by atoms with Crippen LogP contribution in [0.5, 0.6) is 0 Å². The molecule has 0 saturated heterocycles. The molecule has 3 aromatic rings. The number of aromatic nitrogens is 3. The van der Waals surface area contributed by atoms with Crippen LogP contribution in [0, 0.1) is 0 Å². The number of benzene rings is 1. The van der Waals surface area contributed by atoms with Crippen LogP contribution in [-0.2, 0) is 0 Å². The molecule has 9 heteroatoms. The smallest absolute Gasteiger partial charge is 0.252 e. The van der Waals surface area contributed by atoms with Gasteiger partial charge in [0.15, 0.2) is 0 Å². The number of nitrogen functional groups attached to an aromatic ring is 1. The van der Waals surface area contributed by atoms with E-state index in [9.17, 15) is 4.79 Å². The number of nitrogens with zero attached hydrogens (tertiary/aromatic N) is 3. The number of primary amides is 1. The lowest BCUT2D eigenvalue weighted by Gasteiger charge is -2.11. The second-order valence-corrected chi connectivity index (χ2v) is 5.14. The van der Waals surface area contributed by atoms with Crippen molar-refractivity contribution >= 4 is 57.5 Å². The summed E-state index contributed by atoms with van der Waals surface area (Å²) in [4.78, 5) is 15.6. The van der Waals surface area contributed by atoms with Crippen LogP contribution in [0.3, 0.4) is 0 Å². The average molecular weight is 321 g/mol. The molecule has 1 amide bonds. The van der Waals surface area contributed by atoms with Crippen LogP contribution in [0.2, 0.25) is 5.02 Å². The van der Waals surface area contributed by atoms with Gasteiger partial charge in [-0.3, -0.25) is 4.79 Å². The van der Waals surface area contributed by atoms with Gasteiger partial charge in [0, 0.05) is 0 Å². The molecular formula is C12H9ClN6OS. The average Bonchev–Trinajstić information content (AvgIpc) is 2.92. The molecule has 1 aromatic carbocycles.